The monoisotopic (exact) mass is 174 g/mol. The summed E-state index contributed by atoms with van der Waals surface area (Å²) in [6.45, 7) is 5.90. The number of aromatic nitrogens is 1. The Balaban J connectivity index is 3.10. The second-order valence-corrected chi connectivity index (χ2v) is 3.67. The third-order valence-electron chi connectivity index (χ3n) is 2.20. The Morgan fingerprint density at radius 2 is 2.15 bits per heavy atom. The molecule has 1 aromatic rings. The highest BCUT2D eigenvalue weighted by Crippen LogP contribution is 2.21. The van der Waals surface area contributed by atoms with Crippen LogP contribution in [0.25, 0.3) is 0 Å². The van der Waals surface area contributed by atoms with Crippen LogP contribution in [-0.4, -0.2) is 4.98 Å². The van der Waals surface area contributed by atoms with Gasteiger partial charge in [0, 0.05) is 12.4 Å². The zero-order valence-corrected chi connectivity index (χ0v) is 8.33. The molecule has 0 aliphatic rings. The Hall–Kier alpha value is -1.36. The van der Waals surface area contributed by atoms with Gasteiger partial charge in [0.15, 0.2) is 0 Å². The second kappa shape index (κ2) is 3.57. The van der Waals surface area contributed by atoms with Crippen molar-refractivity contribution < 1.29 is 0 Å². The number of nitriles is 1. The molecule has 1 heterocycles. The van der Waals surface area contributed by atoms with Gasteiger partial charge in [0.25, 0.3) is 0 Å². The van der Waals surface area contributed by atoms with Gasteiger partial charge < -0.3 is 0 Å². The van der Waals surface area contributed by atoms with E-state index in [-0.39, 0.29) is 0 Å². The lowest BCUT2D eigenvalue weighted by Crippen LogP contribution is -2.14. The molecule has 0 spiro atoms. The summed E-state index contributed by atoms with van der Waals surface area (Å²) in [4.78, 5) is 4.12. The van der Waals surface area contributed by atoms with E-state index in [2.05, 4.69) is 24.0 Å². The molecular formula is C11H14N2. The molecule has 2 nitrogen and oxygen atoms in total. The van der Waals surface area contributed by atoms with Crippen LogP contribution in [-0.2, 0) is 11.8 Å². The quantitative estimate of drug-likeness (QED) is 0.690. The molecule has 0 N–H and O–H groups in total. The van der Waals surface area contributed by atoms with Crippen LogP contribution in [0.1, 0.15) is 31.9 Å². The molecule has 0 atom stereocenters. The molecule has 0 aromatic carbocycles. The maximum atomic E-state index is 8.93. The van der Waals surface area contributed by atoms with Gasteiger partial charge in [-0.3, -0.25) is 4.98 Å². The fourth-order valence-corrected chi connectivity index (χ4v) is 1.09. The minimum absolute atomic E-state index is 0.432. The molecule has 13 heavy (non-hydrogen) atoms. The molecule has 0 saturated heterocycles. The minimum Gasteiger partial charge on any atom is -0.264 e. The SMILES string of the molecule is CCc1cncc(C(C)(C)C#N)c1. The van der Waals surface area contributed by atoms with Crippen molar-refractivity contribution in [3.8, 4) is 6.07 Å². The molecule has 0 saturated carbocycles. The van der Waals surface area contributed by atoms with Crippen LogP contribution in [0, 0.1) is 11.3 Å². The average molecular weight is 174 g/mol. The van der Waals surface area contributed by atoms with Crippen LogP contribution in [0.15, 0.2) is 18.5 Å². The fourth-order valence-electron chi connectivity index (χ4n) is 1.09. The first-order valence-corrected chi connectivity index (χ1v) is 4.46. The summed E-state index contributed by atoms with van der Waals surface area (Å²) in [6.07, 6.45) is 4.57. The van der Waals surface area contributed by atoms with Crippen molar-refractivity contribution in [2.75, 3.05) is 0 Å². The van der Waals surface area contributed by atoms with Crippen LogP contribution in [0.3, 0.4) is 0 Å². The summed E-state index contributed by atoms with van der Waals surface area (Å²) in [7, 11) is 0. The Kier molecular flexibility index (Phi) is 2.67. The van der Waals surface area contributed by atoms with Gasteiger partial charge in [0.2, 0.25) is 0 Å². The lowest BCUT2D eigenvalue weighted by Gasteiger charge is -2.15. The normalized spacial score (nSPS) is 10.9. The Morgan fingerprint density at radius 1 is 1.46 bits per heavy atom. The van der Waals surface area contributed by atoms with Gasteiger partial charge in [-0.05, 0) is 31.4 Å². The third-order valence-corrected chi connectivity index (χ3v) is 2.20. The van der Waals surface area contributed by atoms with E-state index in [0.717, 1.165) is 12.0 Å². The van der Waals surface area contributed by atoms with Crippen molar-refractivity contribution in [2.24, 2.45) is 0 Å². The molecular weight excluding hydrogens is 160 g/mol. The molecule has 0 bridgehead atoms. The van der Waals surface area contributed by atoms with Gasteiger partial charge >= 0.3 is 0 Å². The van der Waals surface area contributed by atoms with Crippen molar-refractivity contribution in [1.82, 2.24) is 4.98 Å². The van der Waals surface area contributed by atoms with Gasteiger partial charge in [-0.2, -0.15) is 5.26 Å². The summed E-state index contributed by atoms with van der Waals surface area (Å²) in [5, 5.41) is 8.93. The second-order valence-electron chi connectivity index (χ2n) is 3.67. The summed E-state index contributed by atoms with van der Waals surface area (Å²) >= 11 is 0. The zero-order chi connectivity index (χ0) is 9.90. The van der Waals surface area contributed by atoms with E-state index in [0.29, 0.717) is 0 Å². The topological polar surface area (TPSA) is 36.7 Å². The lowest BCUT2D eigenvalue weighted by atomic mass is 9.87. The van der Waals surface area contributed by atoms with E-state index in [1.807, 2.05) is 20.0 Å². The fraction of sp³-hybridized carbons (Fsp3) is 0.455. The Bertz CT molecular complexity index is 334. The van der Waals surface area contributed by atoms with E-state index >= 15 is 0 Å². The van der Waals surface area contributed by atoms with Crippen LogP contribution in [0.4, 0.5) is 0 Å². The number of nitrogens with zero attached hydrogens (tertiary/aromatic N) is 2. The van der Waals surface area contributed by atoms with Crippen LogP contribution >= 0.6 is 0 Å². The first kappa shape index (κ1) is 9.73. The number of pyridine rings is 1. The molecule has 68 valence electrons. The van der Waals surface area contributed by atoms with E-state index in [9.17, 15) is 0 Å². The van der Waals surface area contributed by atoms with Crippen molar-refractivity contribution in [3.05, 3.63) is 29.6 Å². The van der Waals surface area contributed by atoms with Crippen LogP contribution in [0.2, 0.25) is 0 Å². The molecule has 0 aliphatic heterocycles. The number of hydrogen-bond donors (Lipinski definition) is 0. The predicted molar refractivity (Wildman–Crippen MR) is 52.3 cm³/mol. The smallest absolute Gasteiger partial charge is 0.0781 e. The van der Waals surface area contributed by atoms with Gasteiger partial charge in [-0.15, -0.1) is 0 Å². The summed E-state index contributed by atoms with van der Waals surface area (Å²) in [6, 6.07) is 4.32. The van der Waals surface area contributed by atoms with Gasteiger partial charge in [-0.1, -0.05) is 13.0 Å². The molecule has 1 rings (SSSR count). The molecule has 1 aromatic heterocycles. The van der Waals surface area contributed by atoms with E-state index in [1.54, 1.807) is 6.20 Å². The highest BCUT2D eigenvalue weighted by Gasteiger charge is 2.19. The number of rotatable bonds is 2. The molecule has 0 radical (unpaired) electrons. The van der Waals surface area contributed by atoms with E-state index < -0.39 is 5.41 Å². The summed E-state index contributed by atoms with van der Waals surface area (Å²) in [5.74, 6) is 0. The molecule has 0 fully saturated rings. The van der Waals surface area contributed by atoms with Crippen molar-refractivity contribution in [2.45, 2.75) is 32.6 Å². The van der Waals surface area contributed by atoms with Crippen LogP contribution < -0.4 is 0 Å². The summed E-state index contributed by atoms with van der Waals surface area (Å²) in [5.41, 5.74) is 1.74. The van der Waals surface area contributed by atoms with Crippen molar-refractivity contribution >= 4 is 0 Å². The van der Waals surface area contributed by atoms with Gasteiger partial charge in [-0.25, -0.2) is 0 Å². The summed E-state index contributed by atoms with van der Waals surface area (Å²) < 4.78 is 0. The molecule has 0 amide bonds. The van der Waals surface area contributed by atoms with Gasteiger partial charge in [0.1, 0.15) is 0 Å². The average Bonchev–Trinajstić information content (AvgIpc) is 2.18. The maximum Gasteiger partial charge on any atom is 0.0781 e. The van der Waals surface area contributed by atoms with Crippen molar-refractivity contribution in [1.29, 1.82) is 5.26 Å². The maximum absolute atomic E-state index is 8.93. The number of aryl methyl sites for hydroxylation is 1. The molecule has 0 aliphatic carbocycles. The minimum atomic E-state index is -0.432. The Morgan fingerprint density at radius 3 is 2.69 bits per heavy atom. The lowest BCUT2D eigenvalue weighted by molar-refractivity contribution is 0.681. The molecule has 2 heteroatoms. The van der Waals surface area contributed by atoms with Gasteiger partial charge in [0.05, 0.1) is 11.5 Å². The highest BCUT2D eigenvalue weighted by molar-refractivity contribution is 5.30. The van der Waals surface area contributed by atoms with Crippen molar-refractivity contribution in [3.63, 3.8) is 0 Å². The van der Waals surface area contributed by atoms with Crippen LogP contribution in [0.5, 0.6) is 0 Å². The first-order chi connectivity index (χ1) is 6.10. The first-order valence-electron chi connectivity index (χ1n) is 4.46. The standard InChI is InChI=1S/C11H14N2/c1-4-9-5-10(7-13-6-9)11(2,3)8-12/h5-7H,4H2,1-3H3. The third kappa shape index (κ3) is 2.06. The van der Waals surface area contributed by atoms with E-state index in [1.165, 1.54) is 5.56 Å². The Labute approximate surface area is 79.2 Å². The largest absolute Gasteiger partial charge is 0.264 e. The zero-order valence-electron chi connectivity index (χ0n) is 8.33. The van der Waals surface area contributed by atoms with E-state index in [4.69, 9.17) is 5.26 Å². The number of hydrogen-bond acceptors (Lipinski definition) is 2. The molecule has 0 unspecified atom stereocenters. The highest BCUT2D eigenvalue weighted by atomic mass is 14.6. The predicted octanol–water partition coefficient (Wildman–Crippen LogP) is 2.45.